The Morgan fingerprint density at radius 2 is 1.84 bits per heavy atom. The summed E-state index contributed by atoms with van der Waals surface area (Å²) in [5.41, 5.74) is 3.31. The lowest BCUT2D eigenvalue weighted by molar-refractivity contribution is -0.121. The maximum atomic E-state index is 12.7. The quantitative estimate of drug-likeness (QED) is 0.397. The second-order valence-corrected chi connectivity index (χ2v) is 8.38. The number of hydrogen-bond donors (Lipinski definition) is 0. The van der Waals surface area contributed by atoms with Crippen LogP contribution in [-0.2, 0) is 4.79 Å². The fraction of sp³-hybridized carbons (Fsp3) is 0.174. The van der Waals surface area contributed by atoms with Crippen LogP contribution in [0.2, 0.25) is 0 Å². The molecule has 0 unspecified atom stereocenters. The number of thiocarbonyl (C=S) groups is 1. The molecule has 0 radical (unpaired) electrons. The van der Waals surface area contributed by atoms with Crippen molar-refractivity contribution < 1.29 is 14.3 Å². The number of aromatic nitrogens is 2. The van der Waals surface area contributed by atoms with Gasteiger partial charge in [-0.2, -0.15) is 5.10 Å². The first-order chi connectivity index (χ1) is 15.0. The zero-order valence-corrected chi connectivity index (χ0v) is 19.0. The van der Waals surface area contributed by atoms with Crippen LogP contribution in [0.4, 0.5) is 0 Å². The maximum Gasteiger partial charge on any atom is 0.266 e. The van der Waals surface area contributed by atoms with Gasteiger partial charge < -0.3 is 9.47 Å². The summed E-state index contributed by atoms with van der Waals surface area (Å²) in [6.07, 6.45) is 3.77. The van der Waals surface area contributed by atoms with Gasteiger partial charge in [-0.25, -0.2) is 4.68 Å². The molecule has 2 heterocycles. The van der Waals surface area contributed by atoms with Crippen LogP contribution < -0.4 is 9.47 Å². The summed E-state index contributed by atoms with van der Waals surface area (Å²) in [4.78, 5) is 14.9. The molecule has 2 aromatic carbocycles. The molecule has 0 N–H and O–H groups in total. The van der Waals surface area contributed by atoms with Gasteiger partial charge in [-0.1, -0.05) is 42.2 Å². The molecule has 4 rings (SSSR count). The third-order valence-electron chi connectivity index (χ3n) is 4.90. The van der Waals surface area contributed by atoms with Gasteiger partial charge in [0.2, 0.25) is 0 Å². The molecule has 8 heteroatoms. The van der Waals surface area contributed by atoms with E-state index in [-0.39, 0.29) is 5.91 Å². The lowest BCUT2D eigenvalue weighted by Gasteiger charge is -2.09. The molecule has 158 valence electrons. The lowest BCUT2D eigenvalue weighted by atomic mass is 10.1. The Labute approximate surface area is 190 Å². The molecule has 31 heavy (non-hydrogen) atoms. The van der Waals surface area contributed by atoms with E-state index in [1.807, 2.05) is 67.7 Å². The Bertz CT molecular complexity index is 1170. The molecule has 0 bridgehead atoms. The van der Waals surface area contributed by atoms with E-state index >= 15 is 0 Å². The molecular formula is C23H21N3O3S2. The molecule has 1 fully saturated rings. The minimum atomic E-state index is -0.0803. The average molecular weight is 452 g/mol. The van der Waals surface area contributed by atoms with Gasteiger partial charge in [-0.05, 0) is 43.3 Å². The number of amides is 1. The first-order valence-corrected chi connectivity index (χ1v) is 10.9. The van der Waals surface area contributed by atoms with E-state index in [9.17, 15) is 4.79 Å². The molecule has 0 saturated carbocycles. The van der Waals surface area contributed by atoms with Crippen LogP contribution in [0, 0.1) is 0 Å². The molecule has 1 amide bonds. The van der Waals surface area contributed by atoms with Crippen LogP contribution in [0.1, 0.15) is 12.5 Å². The standard InChI is InChI=1S/C23H21N3O3S2/c1-4-25-22(27)20(31-23(25)30)13-16-14-26(17-8-6-5-7-9-17)24-21(16)15-10-11-18(28-2)19(12-15)29-3/h5-14H,4H2,1-3H3/b20-13-. The van der Waals surface area contributed by atoms with E-state index in [0.717, 1.165) is 22.5 Å². The normalized spacial score (nSPS) is 15.1. The number of benzene rings is 2. The van der Waals surface area contributed by atoms with E-state index in [4.69, 9.17) is 26.8 Å². The SMILES string of the molecule is CCN1C(=O)/C(=C/c2cn(-c3ccccc3)nc2-c2ccc(OC)c(OC)c2)SC1=S. The molecule has 1 aromatic heterocycles. The van der Waals surface area contributed by atoms with E-state index in [1.165, 1.54) is 11.8 Å². The Morgan fingerprint density at radius 3 is 2.48 bits per heavy atom. The molecule has 1 saturated heterocycles. The van der Waals surface area contributed by atoms with Crippen LogP contribution >= 0.6 is 24.0 Å². The van der Waals surface area contributed by atoms with Crippen molar-refractivity contribution in [2.45, 2.75) is 6.92 Å². The van der Waals surface area contributed by atoms with Crippen molar-refractivity contribution in [3.63, 3.8) is 0 Å². The predicted octanol–water partition coefficient (Wildman–Crippen LogP) is 4.78. The summed E-state index contributed by atoms with van der Waals surface area (Å²) in [5, 5.41) is 4.82. The van der Waals surface area contributed by atoms with Crippen molar-refractivity contribution in [3.05, 3.63) is 65.2 Å². The van der Waals surface area contributed by atoms with Gasteiger partial charge >= 0.3 is 0 Å². The number of carbonyl (C=O) groups is 1. The molecule has 1 aliphatic rings. The average Bonchev–Trinajstić information content (AvgIpc) is 3.34. The minimum Gasteiger partial charge on any atom is -0.493 e. The highest BCUT2D eigenvalue weighted by atomic mass is 32.2. The van der Waals surface area contributed by atoms with E-state index in [1.54, 1.807) is 23.8 Å². The summed E-state index contributed by atoms with van der Waals surface area (Å²) < 4.78 is 13.2. The zero-order valence-electron chi connectivity index (χ0n) is 17.4. The Hall–Kier alpha value is -3.10. The molecule has 0 aliphatic carbocycles. The van der Waals surface area contributed by atoms with Crippen LogP contribution in [0.25, 0.3) is 23.0 Å². The maximum absolute atomic E-state index is 12.7. The lowest BCUT2D eigenvalue weighted by Crippen LogP contribution is -2.27. The molecular weight excluding hydrogens is 430 g/mol. The van der Waals surface area contributed by atoms with Gasteiger partial charge in [0.05, 0.1) is 24.8 Å². The number of methoxy groups -OCH3 is 2. The van der Waals surface area contributed by atoms with E-state index in [0.29, 0.717) is 27.3 Å². The van der Waals surface area contributed by atoms with Gasteiger partial charge in [0.25, 0.3) is 5.91 Å². The second-order valence-electron chi connectivity index (χ2n) is 6.71. The smallest absolute Gasteiger partial charge is 0.266 e. The fourth-order valence-corrected chi connectivity index (χ4v) is 4.70. The zero-order chi connectivity index (χ0) is 22.0. The van der Waals surface area contributed by atoms with Crippen LogP contribution in [-0.4, -0.2) is 45.7 Å². The van der Waals surface area contributed by atoms with E-state index < -0.39 is 0 Å². The van der Waals surface area contributed by atoms with Gasteiger partial charge in [-0.3, -0.25) is 9.69 Å². The fourth-order valence-electron chi connectivity index (χ4n) is 3.33. The summed E-state index contributed by atoms with van der Waals surface area (Å²) in [5.74, 6) is 1.17. The van der Waals surface area contributed by atoms with Gasteiger partial charge in [-0.15, -0.1) is 0 Å². The summed E-state index contributed by atoms with van der Waals surface area (Å²) in [7, 11) is 3.20. The molecule has 0 atom stereocenters. The van der Waals surface area contributed by atoms with Crippen LogP contribution in [0.5, 0.6) is 11.5 Å². The number of rotatable bonds is 6. The van der Waals surface area contributed by atoms with Gasteiger partial charge in [0.1, 0.15) is 10.0 Å². The molecule has 1 aliphatic heterocycles. The van der Waals surface area contributed by atoms with Gasteiger partial charge in [0.15, 0.2) is 11.5 Å². The first-order valence-electron chi connectivity index (χ1n) is 9.68. The van der Waals surface area contributed by atoms with Crippen molar-refractivity contribution in [2.75, 3.05) is 20.8 Å². The monoisotopic (exact) mass is 451 g/mol. The van der Waals surface area contributed by atoms with Crippen LogP contribution in [0.3, 0.4) is 0 Å². The van der Waals surface area contributed by atoms with E-state index in [2.05, 4.69) is 0 Å². The summed E-state index contributed by atoms with van der Waals surface area (Å²) >= 11 is 6.67. The summed E-state index contributed by atoms with van der Waals surface area (Å²) in [6.45, 7) is 2.46. The highest BCUT2D eigenvalue weighted by Crippen LogP contribution is 2.37. The third kappa shape index (κ3) is 4.08. The minimum absolute atomic E-state index is 0.0803. The van der Waals surface area contributed by atoms with Crippen molar-refractivity contribution in [1.29, 1.82) is 0 Å². The molecule has 6 nitrogen and oxygen atoms in total. The highest BCUT2D eigenvalue weighted by molar-refractivity contribution is 8.26. The van der Waals surface area contributed by atoms with Crippen molar-refractivity contribution in [1.82, 2.24) is 14.7 Å². The highest BCUT2D eigenvalue weighted by Gasteiger charge is 2.31. The number of thioether (sulfide) groups is 1. The number of para-hydroxylation sites is 1. The summed E-state index contributed by atoms with van der Waals surface area (Å²) in [6, 6.07) is 15.5. The molecule has 0 spiro atoms. The Balaban J connectivity index is 1.85. The van der Waals surface area contributed by atoms with Crippen molar-refractivity contribution in [3.8, 4) is 28.4 Å². The number of carbonyl (C=O) groups excluding carboxylic acids is 1. The van der Waals surface area contributed by atoms with Crippen molar-refractivity contribution in [2.24, 2.45) is 0 Å². The van der Waals surface area contributed by atoms with Gasteiger partial charge in [0, 0.05) is 23.9 Å². The Kier molecular flexibility index (Phi) is 6.11. The van der Waals surface area contributed by atoms with Crippen LogP contribution in [0.15, 0.2) is 59.6 Å². The topological polar surface area (TPSA) is 56.6 Å². The second kappa shape index (κ2) is 8.95. The van der Waals surface area contributed by atoms with Crippen molar-refractivity contribution >= 4 is 40.3 Å². The third-order valence-corrected chi connectivity index (χ3v) is 6.27. The number of ether oxygens (including phenoxy) is 2. The predicted molar refractivity (Wildman–Crippen MR) is 128 cm³/mol. The number of hydrogen-bond acceptors (Lipinski definition) is 6. The number of likely N-dealkylation sites (N-methyl/N-ethyl adjacent to an activating group) is 1. The number of nitrogens with zero attached hydrogens (tertiary/aromatic N) is 3. The Morgan fingerprint density at radius 1 is 1.10 bits per heavy atom. The largest absolute Gasteiger partial charge is 0.493 e. The molecule has 3 aromatic rings. The first kappa shape index (κ1) is 21.1.